The molecule has 0 unspecified atom stereocenters. The zero-order valence-electron chi connectivity index (χ0n) is 3.68. The molecule has 3 nitrogen and oxygen atoms in total. The molecule has 3 heteroatoms. The van der Waals surface area contributed by atoms with Crippen LogP contribution < -0.4 is 5.48 Å². The van der Waals surface area contributed by atoms with Crippen LogP contribution in [0.5, 0.6) is 0 Å². The molecule has 0 amide bonds. The van der Waals surface area contributed by atoms with E-state index in [4.69, 9.17) is 5.21 Å². The third-order valence-corrected chi connectivity index (χ3v) is 0.727. The Morgan fingerprint density at radius 2 is 2.57 bits per heavy atom. The van der Waals surface area contributed by atoms with E-state index in [-0.39, 0.29) is 0 Å². The lowest BCUT2D eigenvalue weighted by atomic mass is 10.6. The molecule has 1 heterocycles. The summed E-state index contributed by atoms with van der Waals surface area (Å²) in [6.45, 7) is 0. The molecule has 1 aromatic heterocycles. The van der Waals surface area contributed by atoms with Crippen molar-refractivity contribution in [2.24, 2.45) is 0 Å². The number of aromatic amines is 1. The van der Waals surface area contributed by atoms with E-state index < -0.39 is 0 Å². The van der Waals surface area contributed by atoms with Crippen molar-refractivity contribution in [3.8, 4) is 0 Å². The lowest BCUT2D eigenvalue weighted by Crippen LogP contribution is -1.83. The van der Waals surface area contributed by atoms with E-state index >= 15 is 0 Å². The Hall–Kier alpha value is -0.960. The molecule has 1 rings (SSSR count). The Labute approximate surface area is 40.9 Å². The van der Waals surface area contributed by atoms with Crippen LogP contribution in [0.3, 0.4) is 0 Å². The average molecular weight is 98.1 g/mol. The van der Waals surface area contributed by atoms with Crippen LogP contribution in [0.25, 0.3) is 0 Å². The van der Waals surface area contributed by atoms with Gasteiger partial charge in [-0.2, -0.15) is 0 Å². The van der Waals surface area contributed by atoms with Crippen LogP contribution in [0, 0.1) is 0 Å². The van der Waals surface area contributed by atoms with Gasteiger partial charge in [-0.05, 0) is 6.07 Å². The molecule has 38 valence electrons. The summed E-state index contributed by atoms with van der Waals surface area (Å²) in [6.07, 6.45) is 3.37. The van der Waals surface area contributed by atoms with E-state index in [2.05, 4.69) is 4.98 Å². The van der Waals surface area contributed by atoms with Gasteiger partial charge < -0.3 is 4.98 Å². The normalized spacial score (nSPS) is 8.71. The van der Waals surface area contributed by atoms with E-state index in [1.807, 2.05) is 5.48 Å². The van der Waals surface area contributed by atoms with Gasteiger partial charge in [-0.15, -0.1) is 0 Å². The second kappa shape index (κ2) is 1.66. The SMILES string of the molecule is ONc1cc[nH]c1. The van der Waals surface area contributed by atoms with Crippen molar-refractivity contribution in [3.63, 3.8) is 0 Å². The second-order valence-electron chi connectivity index (χ2n) is 1.21. The summed E-state index contributed by atoms with van der Waals surface area (Å²) in [5.74, 6) is 0. The van der Waals surface area contributed by atoms with Crippen LogP contribution in [0.2, 0.25) is 0 Å². The molecule has 7 heavy (non-hydrogen) atoms. The Kier molecular flexibility index (Phi) is 0.997. The van der Waals surface area contributed by atoms with Crippen LogP contribution in [-0.4, -0.2) is 10.2 Å². The van der Waals surface area contributed by atoms with Crippen molar-refractivity contribution >= 4 is 5.69 Å². The molecule has 0 radical (unpaired) electrons. The highest BCUT2D eigenvalue weighted by molar-refractivity contribution is 5.36. The molecule has 0 aliphatic heterocycles. The fraction of sp³-hybridized carbons (Fsp3) is 0. The van der Waals surface area contributed by atoms with E-state index in [1.54, 1.807) is 18.5 Å². The van der Waals surface area contributed by atoms with Gasteiger partial charge in [0.2, 0.25) is 0 Å². The average Bonchev–Trinajstić information content (AvgIpc) is 2.14. The topological polar surface area (TPSA) is 48.0 Å². The minimum absolute atomic E-state index is 0.681. The Morgan fingerprint density at radius 1 is 1.71 bits per heavy atom. The number of aromatic nitrogens is 1. The lowest BCUT2D eigenvalue weighted by molar-refractivity contribution is 0.389. The summed E-state index contributed by atoms with van der Waals surface area (Å²) in [7, 11) is 0. The molecule has 0 bridgehead atoms. The van der Waals surface area contributed by atoms with E-state index in [1.165, 1.54) is 0 Å². The maximum Gasteiger partial charge on any atom is 0.0776 e. The highest BCUT2D eigenvalue weighted by Gasteiger charge is 1.80. The molecule has 3 N–H and O–H groups in total. The van der Waals surface area contributed by atoms with Crippen LogP contribution >= 0.6 is 0 Å². The van der Waals surface area contributed by atoms with Crippen molar-refractivity contribution in [2.75, 3.05) is 5.48 Å². The minimum Gasteiger partial charge on any atom is -0.366 e. The van der Waals surface area contributed by atoms with Gasteiger partial charge >= 0.3 is 0 Å². The number of nitrogens with one attached hydrogen (secondary N) is 2. The van der Waals surface area contributed by atoms with Gasteiger partial charge in [-0.1, -0.05) is 0 Å². The van der Waals surface area contributed by atoms with Crippen LogP contribution in [-0.2, 0) is 0 Å². The molecule has 0 aliphatic rings. The summed E-state index contributed by atoms with van der Waals surface area (Å²) < 4.78 is 0. The van der Waals surface area contributed by atoms with Gasteiger partial charge in [0.05, 0.1) is 5.69 Å². The number of hydrogen-bond donors (Lipinski definition) is 3. The number of rotatable bonds is 1. The Morgan fingerprint density at radius 3 is 2.86 bits per heavy atom. The number of hydrogen-bond acceptors (Lipinski definition) is 2. The highest BCUT2D eigenvalue weighted by atomic mass is 16.5. The minimum atomic E-state index is 0.681. The second-order valence-corrected chi connectivity index (χ2v) is 1.21. The summed E-state index contributed by atoms with van der Waals surface area (Å²) in [6, 6.07) is 1.72. The zero-order valence-corrected chi connectivity index (χ0v) is 3.68. The van der Waals surface area contributed by atoms with Crippen molar-refractivity contribution in [1.29, 1.82) is 0 Å². The van der Waals surface area contributed by atoms with Gasteiger partial charge in [0.25, 0.3) is 0 Å². The van der Waals surface area contributed by atoms with Crippen LogP contribution in [0.15, 0.2) is 18.5 Å². The maximum absolute atomic E-state index is 8.16. The molecule has 0 spiro atoms. The molecule has 0 aromatic carbocycles. The zero-order chi connectivity index (χ0) is 5.11. The van der Waals surface area contributed by atoms with Gasteiger partial charge in [0.15, 0.2) is 0 Å². The predicted octanol–water partition coefficient (Wildman–Crippen LogP) is 0.816. The van der Waals surface area contributed by atoms with Gasteiger partial charge in [-0.25, -0.2) is 0 Å². The molecular weight excluding hydrogens is 92.1 g/mol. The first kappa shape index (κ1) is 4.21. The summed E-state index contributed by atoms with van der Waals surface area (Å²) >= 11 is 0. The molecular formula is C4H6N2O. The quantitative estimate of drug-likeness (QED) is 0.455. The summed E-state index contributed by atoms with van der Waals surface area (Å²) in [4.78, 5) is 2.76. The highest BCUT2D eigenvalue weighted by Crippen LogP contribution is 1.99. The largest absolute Gasteiger partial charge is 0.366 e. The van der Waals surface area contributed by atoms with Gasteiger partial charge in [0.1, 0.15) is 0 Å². The smallest absolute Gasteiger partial charge is 0.0776 e. The number of anilines is 1. The first-order valence-corrected chi connectivity index (χ1v) is 1.96. The fourth-order valence-electron chi connectivity index (χ4n) is 0.393. The van der Waals surface area contributed by atoms with Crippen molar-refractivity contribution in [1.82, 2.24) is 4.98 Å². The third kappa shape index (κ3) is 0.721. The third-order valence-electron chi connectivity index (χ3n) is 0.727. The predicted molar refractivity (Wildman–Crippen MR) is 26.2 cm³/mol. The molecule has 0 saturated heterocycles. The monoisotopic (exact) mass is 98.0 g/mol. The molecule has 0 aliphatic carbocycles. The van der Waals surface area contributed by atoms with Crippen molar-refractivity contribution in [3.05, 3.63) is 18.5 Å². The van der Waals surface area contributed by atoms with Crippen molar-refractivity contribution in [2.45, 2.75) is 0 Å². The Balaban J connectivity index is 2.76. The summed E-state index contributed by atoms with van der Waals surface area (Å²) in [5.41, 5.74) is 2.66. The van der Waals surface area contributed by atoms with Crippen LogP contribution in [0.4, 0.5) is 5.69 Å². The number of H-pyrrole nitrogens is 1. The van der Waals surface area contributed by atoms with Gasteiger partial charge in [-0.3, -0.25) is 10.7 Å². The van der Waals surface area contributed by atoms with Crippen LogP contribution in [0.1, 0.15) is 0 Å². The Bertz CT molecular complexity index is 124. The fourth-order valence-corrected chi connectivity index (χ4v) is 0.393. The first-order chi connectivity index (χ1) is 3.43. The van der Waals surface area contributed by atoms with E-state index in [0.29, 0.717) is 5.69 Å². The van der Waals surface area contributed by atoms with Gasteiger partial charge in [0, 0.05) is 12.4 Å². The first-order valence-electron chi connectivity index (χ1n) is 1.96. The standard InChI is InChI=1S/C4H6N2O/c7-6-4-1-2-5-3-4/h1-3,5-7H. The molecule has 0 fully saturated rings. The van der Waals surface area contributed by atoms with Crippen molar-refractivity contribution < 1.29 is 5.21 Å². The molecule has 1 aromatic rings. The molecule has 0 saturated carbocycles. The molecule has 0 atom stereocenters. The lowest BCUT2D eigenvalue weighted by Gasteiger charge is -1.84. The van der Waals surface area contributed by atoms with E-state index in [0.717, 1.165) is 0 Å². The summed E-state index contributed by atoms with van der Waals surface area (Å²) in [5, 5.41) is 8.16. The maximum atomic E-state index is 8.16. The van der Waals surface area contributed by atoms with E-state index in [9.17, 15) is 0 Å².